The van der Waals surface area contributed by atoms with Gasteiger partial charge in [-0.1, -0.05) is 0 Å². The van der Waals surface area contributed by atoms with Crippen LogP contribution in [0.4, 0.5) is 8.78 Å². The number of nitrogens with zero attached hydrogens (tertiary/aromatic N) is 4. The molecule has 112 valence electrons. The Bertz CT molecular complexity index is 559. The van der Waals surface area contributed by atoms with E-state index in [0.29, 0.717) is 5.69 Å². The normalized spacial score (nSPS) is 25.8. The maximum absolute atomic E-state index is 14.8. The third kappa shape index (κ3) is 2.28. The van der Waals surface area contributed by atoms with E-state index in [1.165, 1.54) is 25.7 Å². The zero-order chi connectivity index (χ0) is 15.3. The zero-order valence-electron chi connectivity index (χ0n) is 11.8. The second kappa shape index (κ2) is 4.66. The standard InChI is InChI=1S/C11H16F2N4O2S/c1-6-8(15-17(5)14-6)11(4,13)20(18)9-7(12)10(2,3)19-16-9/h7H,1-5H3. The number of halogens is 2. The highest BCUT2D eigenvalue weighted by atomic mass is 32.2. The summed E-state index contributed by atoms with van der Waals surface area (Å²) in [5.41, 5.74) is -1.06. The van der Waals surface area contributed by atoms with E-state index in [2.05, 4.69) is 15.4 Å². The molecule has 0 aromatic carbocycles. The van der Waals surface area contributed by atoms with E-state index >= 15 is 0 Å². The predicted molar refractivity (Wildman–Crippen MR) is 69.8 cm³/mol. The summed E-state index contributed by atoms with van der Waals surface area (Å²) in [6.07, 6.45) is -1.74. The minimum Gasteiger partial charge on any atom is -0.607 e. The van der Waals surface area contributed by atoms with Crippen molar-refractivity contribution < 1.29 is 18.2 Å². The summed E-state index contributed by atoms with van der Waals surface area (Å²) >= 11 is -2.36. The average Bonchev–Trinajstić information content (AvgIpc) is 2.80. The van der Waals surface area contributed by atoms with E-state index in [-0.39, 0.29) is 5.69 Å². The number of hydrogen-bond donors (Lipinski definition) is 0. The number of aromatic nitrogens is 3. The summed E-state index contributed by atoms with van der Waals surface area (Å²) < 4.78 is 41.3. The molecule has 0 saturated heterocycles. The Balaban J connectivity index is 2.33. The second-order valence-corrected chi connectivity index (χ2v) is 7.02. The first kappa shape index (κ1) is 15.2. The lowest BCUT2D eigenvalue weighted by Crippen LogP contribution is -2.43. The quantitative estimate of drug-likeness (QED) is 0.776. The molecule has 0 saturated carbocycles. The van der Waals surface area contributed by atoms with E-state index in [9.17, 15) is 13.3 Å². The van der Waals surface area contributed by atoms with Gasteiger partial charge in [0.25, 0.3) is 5.04 Å². The van der Waals surface area contributed by atoms with Crippen molar-refractivity contribution in [1.82, 2.24) is 15.0 Å². The highest BCUT2D eigenvalue weighted by Gasteiger charge is 2.56. The fourth-order valence-electron chi connectivity index (χ4n) is 1.88. The summed E-state index contributed by atoms with van der Waals surface area (Å²) in [6.45, 7) is 5.52. The van der Waals surface area contributed by atoms with Crippen LogP contribution in [-0.4, -0.2) is 36.4 Å². The number of rotatable bonds is 2. The van der Waals surface area contributed by atoms with Crippen LogP contribution < -0.4 is 0 Å². The first-order valence-electron chi connectivity index (χ1n) is 5.96. The van der Waals surface area contributed by atoms with Crippen LogP contribution >= 0.6 is 0 Å². The van der Waals surface area contributed by atoms with E-state index < -0.39 is 33.0 Å². The molecule has 3 unspecified atom stereocenters. The lowest BCUT2D eigenvalue weighted by atomic mass is 10.1. The van der Waals surface area contributed by atoms with Crippen LogP contribution in [0.25, 0.3) is 0 Å². The molecular weight excluding hydrogens is 290 g/mol. The van der Waals surface area contributed by atoms with Gasteiger partial charge in [0.15, 0.2) is 11.3 Å². The molecule has 1 aromatic heterocycles. The van der Waals surface area contributed by atoms with Crippen molar-refractivity contribution in [1.29, 1.82) is 0 Å². The largest absolute Gasteiger partial charge is 0.607 e. The monoisotopic (exact) mass is 306 g/mol. The van der Waals surface area contributed by atoms with Crippen LogP contribution in [-0.2, 0) is 28.1 Å². The van der Waals surface area contributed by atoms with Crippen LogP contribution in [0.3, 0.4) is 0 Å². The van der Waals surface area contributed by atoms with Crippen molar-refractivity contribution >= 4 is 16.2 Å². The number of aryl methyl sites for hydroxylation is 2. The van der Waals surface area contributed by atoms with E-state index in [1.807, 2.05) is 0 Å². The van der Waals surface area contributed by atoms with Crippen LogP contribution in [0.1, 0.15) is 32.2 Å². The van der Waals surface area contributed by atoms with Crippen molar-refractivity contribution in [3.63, 3.8) is 0 Å². The molecule has 0 spiro atoms. The maximum atomic E-state index is 14.8. The van der Waals surface area contributed by atoms with Gasteiger partial charge in [0.05, 0.1) is 16.9 Å². The molecule has 9 heteroatoms. The predicted octanol–water partition coefficient (Wildman–Crippen LogP) is 1.47. The minimum absolute atomic E-state index is 0.0991. The molecule has 3 atom stereocenters. The smallest absolute Gasteiger partial charge is 0.312 e. The van der Waals surface area contributed by atoms with Gasteiger partial charge in [-0.2, -0.15) is 14.3 Å². The number of oxime groups is 1. The first-order valence-corrected chi connectivity index (χ1v) is 7.11. The molecule has 0 fully saturated rings. The van der Waals surface area contributed by atoms with Crippen molar-refractivity contribution in [2.24, 2.45) is 12.2 Å². The third-order valence-electron chi connectivity index (χ3n) is 3.04. The van der Waals surface area contributed by atoms with Gasteiger partial charge < -0.3 is 9.39 Å². The van der Waals surface area contributed by atoms with Crippen molar-refractivity contribution in [2.45, 2.75) is 44.5 Å². The molecule has 0 radical (unpaired) electrons. The summed E-state index contributed by atoms with van der Waals surface area (Å²) in [4.78, 5) is 6.03. The minimum atomic E-state index is -2.40. The molecule has 0 amide bonds. The SMILES string of the molecule is Cc1nn(C)nc1C(C)(F)[S+]([O-])C1=NOC(C)(C)C1F. The van der Waals surface area contributed by atoms with Gasteiger partial charge in [-0.25, -0.2) is 4.39 Å². The molecule has 0 bridgehead atoms. The molecule has 1 aliphatic rings. The van der Waals surface area contributed by atoms with Crippen molar-refractivity contribution in [3.8, 4) is 0 Å². The van der Waals surface area contributed by atoms with Gasteiger partial charge in [-0.05, 0) is 25.9 Å². The summed E-state index contributed by atoms with van der Waals surface area (Å²) in [5.74, 6) is 0. The van der Waals surface area contributed by atoms with Crippen molar-refractivity contribution in [3.05, 3.63) is 11.4 Å². The Morgan fingerprint density at radius 1 is 1.45 bits per heavy atom. The van der Waals surface area contributed by atoms with Crippen molar-refractivity contribution in [2.75, 3.05) is 0 Å². The first-order chi connectivity index (χ1) is 9.07. The Morgan fingerprint density at radius 3 is 2.45 bits per heavy atom. The summed E-state index contributed by atoms with van der Waals surface area (Å²) in [7, 11) is 1.52. The van der Waals surface area contributed by atoms with Crippen LogP contribution in [0, 0.1) is 6.92 Å². The highest BCUT2D eigenvalue weighted by molar-refractivity contribution is 8.07. The van der Waals surface area contributed by atoms with Crippen LogP contribution in [0.2, 0.25) is 0 Å². The topological polar surface area (TPSA) is 75.4 Å². The molecule has 20 heavy (non-hydrogen) atoms. The van der Waals surface area contributed by atoms with Gasteiger partial charge >= 0.3 is 5.00 Å². The Kier molecular flexibility index (Phi) is 3.53. The van der Waals surface area contributed by atoms with Gasteiger partial charge in [0.1, 0.15) is 0 Å². The lowest BCUT2D eigenvalue weighted by molar-refractivity contribution is -0.0232. The number of hydrogen-bond acceptors (Lipinski definition) is 5. The van der Waals surface area contributed by atoms with E-state index in [4.69, 9.17) is 4.84 Å². The summed E-state index contributed by atoms with van der Waals surface area (Å²) in [5, 5.41) is 8.35. The Hall–Kier alpha value is -1.22. The maximum Gasteiger partial charge on any atom is 0.312 e. The Labute approximate surface area is 118 Å². The molecule has 6 nitrogen and oxygen atoms in total. The van der Waals surface area contributed by atoms with Crippen LogP contribution in [0.5, 0.6) is 0 Å². The van der Waals surface area contributed by atoms with Crippen LogP contribution in [0.15, 0.2) is 5.16 Å². The van der Waals surface area contributed by atoms with Gasteiger partial charge in [-0.3, -0.25) is 0 Å². The van der Waals surface area contributed by atoms with E-state index in [1.54, 1.807) is 6.92 Å². The zero-order valence-corrected chi connectivity index (χ0v) is 12.7. The average molecular weight is 306 g/mol. The molecule has 2 rings (SSSR count). The van der Waals surface area contributed by atoms with Gasteiger partial charge in [0.2, 0.25) is 6.17 Å². The summed E-state index contributed by atoms with van der Waals surface area (Å²) in [6, 6.07) is 0. The lowest BCUT2D eigenvalue weighted by Gasteiger charge is -2.24. The fourth-order valence-corrected chi connectivity index (χ4v) is 3.21. The third-order valence-corrected chi connectivity index (χ3v) is 4.59. The number of alkyl halides is 2. The molecule has 0 N–H and O–H groups in total. The van der Waals surface area contributed by atoms with Gasteiger partial charge in [0, 0.05) is 14.0 Å². The molecule has 0 aliphatic carbocycles. The van der Waals surface area contributed by atoms with E-state index in [0.717, 1.165) is 6.92 Å². The molecule has 2 heterocycles. The Morgan fingerprint density at radius 2 is 2.05 bits per heavy atom. The molecule has 1 aliphatic heterocycles. The fraction of sp³-hybridized carbons (Fsp3) is 0.727. The second-order valence-electron chi connectivity index (χ2n) is 5.30. The molecule has 1 aromatic rings. The van der Waals surface area contributed by atoms with Gasteiger partial charge in [-0.15, -0.1) is 5.10 Å². The molecular formula is C11H16F2N4O2S. The highest BCUT2D eigenvalue weighted by Crippen LogP contribution is 2.38.